The Morgan fingerprint density at radius 2 is 0.211 bits per heavy atom. The van der Waals surface area contributed by atoms with Gasteiger partial charge in [-0.15, -0.1) is 0 Å². The summed E-state index contributed by atoms with van der Waals surface area (Å²) in [7, 11) is 0. The van der Waals surface area contributed by atoms with Crippen LogP contribution in [0.4, 0.5) is 0 Å². The second-order valence-corrected chi connectivity index (χ2v) is 0. The predicted molar refractivity (Wildman–Crippen MR) is 75.4 cm³/mol. The number of rotatable bonds is 0. The second kappa shape index (κ2) is 4220. The van der Waals surface area contributed by atoms with Crippen molar-refractivity contribution in [1.82, 2.24) is 0 Å². The third kappa shape index (κ3) is 3770. The molecule has 16 nitrogen and oxygen atoms in total. The fraction of sp³-hybridized carbons (Fsp3) is 0. The van der Waals surface area contributed by atoms with Crippen LogP contribution < -0.4 is 0 Å². The quantitative estimate of drug-likeness (QED) is 0.250. The standard InChI is InChI=1S/14H2N.2O.3Ru/h14*1H2;;;;;/q14*-1;2*-2;;2*+5. The first kappa shape index (κ1) is 4940. The Morgan fingerprint density at radius 3 is 0.211 bits per heavy atom. The molecule has 142 valence electrons. The Bertz CT molecular complexity index is 20.7. The molecule has 0 aromatic carbocycles. The minimum absolute atomic E-state index is 0. The van der Waals surface area contributed by atoms with Crippen molar-refractivity contribution in [2.24, 2.45) is 0 Å². The average Bonchev–Trinajstić information content (AvgIpc) is 0. The zero-order valence-corrected chi connectivity index (χ0v) is 15.2. The van der Waals surface area contributed by atoms with Crippen molar-refractivity contribution in [3.8, 4) is 0 Å². The van der Waals surface area contributed by atoms with Crippen LogP contribution in [0, 0.1) is 0 Å². The Hall–Kier alpha value is 1.23. The van der Waals surface area contributed by atoms with Crippen LogP contribution in [0.3, 0.4) is 0 Å². The molecule has 0 aliphatic rings. The first-order valence-corrected chi connectivity index (χ1v) is 0. The van der Waals surface area contributed by atoms with Crippen molar-refractivity contribution in [3.63, 3.8) is 0 Å². The van der Waals surface area contributed by atoms with Gasteiger partial charge in [0, 0.05) is 19.5 Å². The van der Waals surface area contributed by atoms with E-state index in [4.69, 9.17) is 0 Å². The van der Waals surface area contributed by atoms with Gasteiger partial charge in [-0.25, -0.2) is 0 Å². The van der Waals surface area contributed by atoms with Gasteiger partial charge in [0.2, 0.25) is 0 Å². The predicted octanol–water partition coefficient (Wildman–Crippen LogP) is 9.79. The zero-order chi connectivity index (χ0) is 0. The minimum Gasteiger partial charge on any atom is -2.00 e. The summed E-state index contributed by atoms with van der Waals surface area (Å²) in [5.41, 5.74) is 0. The summed E-state index contributed by atoms with van der Waals surface area (Å²) in [5.74, 6) is 0. The van der Waals surface area contributed by atoms with Crippen LogP contribution in [0.5, 0.6) is 0 Å². The molecular formula is H28N14O2Ru3-8. The topological polar surface area (TPSA) is 526 Å². The molecule has 0 spiro atoms. The van der Waals surface area contributed by atoms with Gasteiger partial charge in [0.05, 0.1) is 0 Å². The molecule has 28 N–H and O–H groups in total. The van der Waals surface area contributed by atoms with E-state index in [9.17, 15) is 0 Å². The SMILES string of the molecule is [NH2-].[NH2-].[NH2-].[NH2-].[NH2-].[NH2-].[NH2-].[NH2-].[NH2-].[NH2-].[NH2-].[NH2-].[NH2-].[NH2-].[O-2].[O-2].[Ru+5].[Ru+5].[Ru]. The van der Waals surface area contributed by atoms with Crippen molar-refractivity contribution in [3.05, 3.63) is 86.1 Å². The van der Waals surface area contributed by atoms with Gasteiger partial charge in [0.25, 0.3) is 0 Å². The third-order valence-corrected chi connectivity index (χ3v) is 0. The maximum atomic E-state index is 0. The summed E-state index contributed by atoms with van der Waals surface area (Å²) < 4.78 is 0. The normalized spacial score (nSPS) is 0. The molecule has 0 bridgehead atoms. The monoisotopic (exact) mass is 562 g/mol. The van der Waals surface area contributed by atoms with Crippen molar-refractivity contribution < 1.29 is 69.4 Å². The molecule has 2 radical (unpaired) electrons. The van der Waals surface area contributed by atoms with Gasteiger partial charge < -0.3 is 97.1 Å². The summed E-state index contributed by atoms with van der Waals surface area (Å²) in [4.78, 5) is 0. The number of hydrogen-bond donors (Lipinski definition) is 0. The molecule has 0 rings (SSSR count). The van der Waals surface area contributed by atoms with Gasteiger partial charge in [-0.1, -0.05) is 0 Å². The van der Waals surface area contributed by atoms with Crippen LogP contribution in [-0.2, 0) is 69.4 Å². The van der Waals surface area contributed by atoms with E-state index in [1.165, 1.54) is 0 Å². The van der Waals surface area contributed by atoms with E-state index in [0.29, 0.717) is 0 Å². The summed E-state index contributed by atoms with van der Waals surface area (Å²) in [6, 6.07) is 0. The van der Waals surface area contributed by atoms with E-state index in [1.807, 2.05) is 0 Å². The summed E-state index contributed by atoms with van der Waals surface area (Å²) in [5, 5.41) is 0. The summed E-state index contributed by atoms with van der Waals surface area (Å²) in [6.45, 7) is 0. The van der Waals surface area contributed by atoms with Gasteiger partial charge in [-0.2, -0.15) is 0 Å². The Balaban J connectivity index is 0. The minimum atomic E-state index is 0. The fourth-order valence-corrected chi connectivity index (χ4v) is 0. The molecule has 0 fully saturated rings. The Labute approximate surface area is 155 Å². The van der Waals surface area contributed by atoms with Gasteiger partial charge in [0.1, 0.15) is 0 Å². The maximum absolute atomic E-state index is 0. The first-order valence-electron chi connectivity index (χ1n) is 0. The summed E-state index contributed by atoms with van der Waals surface area (Å²) >= 11 is 0. The molecule has 0 aromatic heterocycles. The van der Waals surface area contributed by atoms with E-state index < -0.39 is 0 Å². The average molecular weight is 560 g/mol. The van der Waals surface area contributed by atoms with Gasteiger partial charge in [0.15, 0.2) is 0 Å². The molecule has 0 unspecified atom stereocenters. The molecule has 0 aliphatic heterocycles. The fourth-order valence-electron chi connectivity index (χ4n) is 0. The number of hydrogen-bond acceptors (Lipinski definition) is 0. The zero-order valence-electron chi connectivity index (χ0n) is 9.96. The van der Waals surface area contributed by atoms with Crippen LogP contribution in [0.1, 0.15) is 0 Å². The first-order chi connectivity index (χ1) is 0. The molecule has 0 aliphatic carbocycles. The molecule has 0 amide bonds. The van der Waals surface area contributed by atoms with Crippen molar-refractivity contribution in [1.29, 1.82) is 0 Å². The molecule has 19 heteroatoms. The van der Waals surface area contributed by atoms with E-state index in [1.54, 1.807) is 0 Å². The van der Waals surface area contributed by atoms with E-state index in [2.05, 4.69) is 0 Å². The van der Waals surface area contributed by atoms with Gasteiger partial charge >= 0.3 is 39.0 Å². The van der Waals surface area contributed by atoms with E-state index >= 15 is 0 Å². The molecule has 0 heterocycles. The van der Waals surface area contributed by atoms with Crippen LogP contribution in [0.25, 0.3) is 86.1 Å². The summed E-state index contributed by atoms with van der Waals surface area (Å²) in [6.07, 6.45) is 0. The van der Waals surface area contributed by atoms with Crippen LogP contribution in [0.2, 0.25) is 0 Å². The van der Waals surface area contributed by atoms with Crippen LogP contribution in [-0.4, -0.2) is 0 Å². The van der Waals surface area contributed by atoms with Crippen LogP contribution >= 0.6 is 0 Å². The molecule has 19 heavy (non-hydrogen) atoms. The van der Waals surface area contributed by atoms with Crippen LogP contribution in [0.15, 0.2) is 0 Å². The number of nitrogens with two attached hydrogens (primary N) is 14. The van der Waals surface area contributed by atoms with Gasteiger partial charge in [-0.05, 0) is 0 Å². The van der Waals surface area contributed by atoms with E-state index in [-0.39, 0.29) is 155 Å². The Morgan fingerprint density at radius 1 is 0.211 bits per heavy atom. The second-order valence-electron chi connectivity index (χ2n) is 0. The molecule has 0 aromatic rings. The molecular weight excluding hydrogens is 531 g/mol. The smallest absolute Gasteiger partial charge is 2.00 e. The maximum Gasteiger partial charge on any atom is 5.00 e. The molecule has 0 saturated carbocycles. The van der Waals surface area contributed by atoms with Gasteiger partial charge in [-0.3, -0.25) is 0 Å². The van der Waals surface area contributed by atoms with Crippen molar-refractivity contribution >= 4 is 0 Å². The molecule has 0 atom stereocenters. The van der Waals surface area contributed by atoms with Crippen molar-refractivity contribution in [2.45, 2.75) is 0 Å². The molecule has 0 saturated heterocycles. The van der Waals surface area contributed by atoms with Crippen molar-refractivity contribution in [2.75, 3.05) is 0 Å². The Kier molecular flexibility index (Phi) is 1100000. The third-order valence-electron chi connectivity index (χ3n) is 0. The van der Waals surface area contributed by atoms with E-state index in [0.717, 1.165) is 0 Å². The largest absolute Gasteiger partial charge is 5.00 e.